The number of hydrogen-bond acceptors (Lipinski definition) is 1. The standard InChI is InChI=1S/C12H24ClN/c1-4-5-10(2)14-8-6-12(7-9-14)11(3)13/h10-12H,4-9H2,1-3H3. The van der Waals surface area contributed by atoms with E-state index in [0.29, 0.717) is 5.38 Å². The van der Waals surface area contributed by atoms with Crippen LogP contribution in [0.5, 0.6) is 0 Å². The molecular formula is C12H24ClN. The normalized spacial score (nSPS) is 24.9. The number of nitrogens with zero attached hydrogens (tertiary/aromatic N) is 1. The number of hydrogen-bond donors (Lipinski definition) is 0. The van der Waals surface area contributed by atoms with Gasteiger partial charge in [-0.15, -0.1) is 11.6 Å². The molecule has 14 heavy (non-hydrogen) atoms. The second-order valence-electron chi connectivity index (χ2n) is 4.69. The van der Waals surface area contributed by atoms with Crippen molar-refractivity contribution in [3.05, 3.63) is 0 Å². The van der Waals surface area contributed by atoms with E-state index >= 15 is 0 Å². The fourth-order valence-electron chi connectivity index (χ4n) is 2.42. The maximum Gasteiger partial charge on any atom is 0.0337 e. The molecule has 0 radical (unpaired) electrons. The lowest BCUT2D eigenvalue weighted by atomic mass is 9.93. The summed E-state index contributed by atoms with van der Waals surface area (Å²) in [5, 5.41) is 0.360. The minimum Gasteiger partial charge on any atom is -0.301 e. The minimum atomic E-state index is 0.360. The topological polar surface area (TPSA) is 3.24 Å². The van der Waals surface area contributed by atoms with Gasteiger partial charge in [-0.1, -0.05) is 13.3 Å². The zero-order valence-electron chi connectivity index (χ0n) is 9.80. The van der Waals surface area contributed by atoms with Gasteiger partial charge in [-0.2, -0.15) is 0 Å². The van der Waals surface area contributed by atoms with Crippen molar-refractivity contribution in [1.82, 2.24) is 4.90 Å². The van der Waals surface area contributed by atoms with E-state index < -0.39 is 0 Å². The Bertz CT molecular complexity index is 150. The first-order valence-corrected chi connectivity index (χ1v) is 6.47. The summed E-state index contributed by atoms with van der Waals surface area (Å²) in [4.78, 5) is 2.62. The Morgan fingerprint density at radius 3 is 2.29 bits per heavy atom. The van der Waals surface area contributed by atoms with Crippen LogP contribution in [0.1, 0.15) is 46.5 Å². The van der Waals surface area contributed by atoms with Gasteiger partial charge in [0, 0.05) is 11.4 Å². The molecule has 2 atom stereocenters. The molecule has 2 unspecified atom stereocenters. The van der Waals surface area contributed by atoms with Gasteiger partial charge in [-0.3, -0.25) is 0 Å². The quantitative estimate of drug-likeness (QED) is 0.652. The van der Waals surface area contributed by atoms with Crippen molar-refractivity contribution >= 4 is 11.6 Å². The lowest BCUT2D eigenvalue weighted by molar-refractivity contribution is 0.134. The number of halogens is 1. The molecule has 0 aromatic heterocycles. The summed E-state index contributed by atoms with van der Waals surface area (Å²) in [5.74, 6) is 0.752. The largest absolute Gasteiger partial charge is 0.301 e. The van der Waals surface area contributed by atoms with Crippen molar-refractivity contribution in [2.75, 3.05) is 13.1 Å². The second-order valence-corrected chi connectivity index (χ2v) is 5.38. The Morgan fingerprint density at radius 1 is 1.29 bits per heavy atom. The van der Waals surface area contributed by atoms with Crippen LogP contribution in [-0.4, -0.2) is 29.4 Å². The van der Waals surface area contributed by atoms with Crippen LogP contribution in [-0.2, 0) is 0 Å². The van der Waals surface area contributed by atoms with Gasteiger partial charge in [0.15, 0.2) is 0 Å². The molecule has 0 N–H and O–H groups in total. The molecule has 1 aliphatic heterocycles. The van der Waals surface area contributed by atoms with Crippen LogP contribution >= 0.6 is 11.6 Å². The number of likely N-dealkylation sites (tertiary alicyclic amines) is 1. The molecule has 0 spiro atoms. The monoisotopic (exact) mass is 217 g/mol. The van der Waals surface area contributed by atoms with Crippen molar-refractivity contribution < 1.29 is 0 Å². The van der Waals surface area contributed by atoms with Gasteiger partial charge in [-0.05, 0) is 52.1 Å². The first-order valence-electron chi connectivity index (χ1n) is 6.03. The van der Waals surface area contributed by atoms with Crippen LogP contribution in [0.25, 0.3) is 0 Å². The predicted molar refractivity (Wildman–Crippen MR) is 64.0 cm³/mol. The predicted octanol–water partition coefficient (Wildman–Crippen LogP) is 3.51. The molecule has 0 aliphatic carbocycles. The minimum absolute atomic E-state index is 0.360. The van der Waals surface area contributed by atoms with Crippen LogP contribution in [0.15, 0.2) is 0 Å². The lowest BCUT2D eigenvalue weighted by Crippen LogP contribution is -2.41. The van der Waals surface area contributed by atoms with E-state index in [-0.39, 0.29) is 0 Å². The summed E-state index contributed by atoms with van der Waals surface area (Å²) in [7, 11) is 0. The molecule has 0 amide bonds. The fraction of sp³-hybridized carbons (Fsp3) is 1.00. The molecule has 1 nitrogen and oxygen atoms in total. The summed E-state index contributed by atoms with van der Waals surface area (Å²) < 4.78 is 0. The van der Waals surface area contributed by atoms with Crippen LogP contribution in [0.3, 0.4) is 0 Å². The summed E-state index contributed by atoms with van der Waals surface area (Å²) >= 11 is 6.13. The van der Waals surface area contributed by atoms with Gasteiger partial charge in [0.25, 0.3) is 0 Å². The van der Waals surface area contributed by atoms with Crippen LogP contribution in [0, 0.1) is 5.92 Å². The molecule has 0 saturated carbocycles. The highest BCUT2D eigenvalue weighted by Crippen LogP contribution is 2.25. The number of alkyl halides is 1. The number of piperidine rings is 1. The van der Waals surface area contributed by atoms with Gasteiger partial charge in [0.1, 0.15) is 0 Å². The Kier molecular flexibility index (Phi) is 5.25. The lowest BCUT2D eigenvalue weighted by Gasteiger charge is -2.36. The van der Waals surface area contributed by atoms with E-state index in [4.69, 9.17) is 11.6 Å². The van der Waals surface area contributed by atoms with Gasteiger partial charge in [-0.25, -0.2) is 0 Å². The van der Waals surface area contributed by atoms with E-state index in [2.05, 4.69) is 25.7 Å². The van der Waals surface area contributed by atoms with Gasteiger partial charge >= 0.3 is 0 Å². The van der Waals surface area contributed by atoms with Crippen molar-refractivity contribution in [2.24, 2.45) is 5.92 Å². The molecule has 1 heterocycles. The SMILES string of the molecule is CCCC(C)N1CCC(C(C)Cl)CC1. The van der Waals surface area contributed by atoms with Gasteiger partial charge in [0.05, 0.1) is 0 Å². The summed E-state index contributed by atoms with van der Waals surface area (Å²) in [6.45, 7) is 9.27. The zero-order valence-corrected chi connectivity index (χ0v) is 10.6. The second kappa shape index (κ2) is 5.97. The van der Waals surface area contributed by atoms with Gasteiger partial charge in [0.2, 0.25) is 0 Å². The third kappa shape index (κ3) is 3.43. The Labute approximate surface area is 93.8 Å². The highest BCUT2D eigenvalue weighted by Gasteiger charge is 2.24. The molecule has 1 aliphatic rings. The fourth-order valence-corrected chi connectivity index (χ4v) is 2.67. The van der Waals surface area contributed by atoms with Crippen molar-refractivity contribution in [1.29, 1.82) is 0 Å². The third-order valence-corrected chi connectivity index (χ3v) is 3.91. The summed E-state index contributed by atoms with van der Waals surface area (Å²) in [6.07, 6.45) is 5.21. The smallest absolute Gasteiger partial charge is 0.0337 e. The summed E-state index contributed by atoms with van der Waals surface area (Å²) in [6, 6.07) is 0.770. The first-order chi connectivity index (χ1) is 6.65. The highest BCUT2D eigenvalue weighted by molar-refractivity contribution is 6.20. The molecule has 1 saturated heterocycles. The van der Waals surface area contributed by atoms with E-state index in [1.165, 1.54) is 38.8 Å². The first kappa shape index (κ1) is 12.3. The van der Waals surface area contributed by atoms with E-state index in [1.807, 2.05) is 0 Å². The Balaban J connectivity index is 2.28. The molecule has 0 aromatic carbocycles. The van der Waals surface area contributed by atoms with Crippen molar-refractivity contribution in [2.45, 2.75) is 57.9 Å². The molecule has 84 valence electrons. The van der Waals surface area contributed by atoms with Crippen molar-refractivity contribution in [3.63, 3.8) is 0 Å². The Morgan fingerprint density at radius 2 is 1.86 bits per heavy atom. The molecule has 1 rings (SSSR count). The Hall–Kier alpha value is 0.250. The van der Waals surface area contributed by atoms with Crippen molar-refractivity contribution in [3.8, 4) is 0 Å². The molecule has 0 aromatic rings. The maximum absolute atomic E-state index is 6.13. The molecule has 2 heteroatoms. The molecule has 0 bridgehead atoms. The zero-order chi connectivity index (χ0) is 10.6. The average Bonchev–Trinajstić information content (AvgIpc) is 2.18. The van der Waals surface area contributed by atoms with E-state index in [1.54, 1.807) is 0 Å². The number of rotatable bonds is 4. The van der Waals surface area contributed by atoms with Gasteiger partial charge < -0.3 is 4.90 Å². The maximum atomic E-state index is 6.13. The molecular weight excluding hydrogens is 194 g/mol. The van der Waals surface area contributed by atoms with Crippen LogP contribution in [0.4, 0.5) is 0 Å². The third-order valence-electron chi connectivity index (χ3n) is 3.55. The average molecular weight is 218 g/mol. The van der Waals surface area contributed by atoms with E-state index in [9.17, 15) is 0 Å². The molecule has 1 fully saturated rings. The van der Waals surface area contributed by atoms with E-state index in [0.717, 1.165) is 12.0 Å². The van der Waals surface area contributed by atoms with Crippen LogP contribution < -0.4 is 0 Å². The summed E-state index contributed by atoms with van der Waals surface area (Å²) in [5.41, 5.74) is 0. The van der Waals surface area contributed by atoms with Crippen LogP contribution in [0.2, 0.25) is 0 Å². The highest BCUT2D eigenvalue weighted by atomic mass is 35.5.